The Morgan fingerprint density at radius 1 is 1.47 bits per heavy atom. The zero-order chi connectivity index (χ0) is 12.3. The molecule has 3 N–H and O–H groups in total. The van der Waals surface area contributed by atoms with Crippen LogP contribution in [0.25, 0.3) is 0 Å². The third kappa shape index (κ3) is 2.89. The number of ether oxygens (including phenoxy) is 1. The summed E-state index contributed by atoms with van der Waals surface area (Å²) in [5.74, 6) is 5.53. The Bertz CT molecular complexity index is 517. The van der Waals surface area contributed by atoms with Crippen LogP contribution in [0.15, 0.2) is 18.2 Å². The second-order valence-corrected chi connectivity index (χ2v) is 4.41. The SMILES string of the molecule is Cc1cc(OCc2nnc(NN)s2)ccc1F. The molecule has 0 aliphatic heterocycles. The first-order valence-corrected chi connectivity index (χ1v) is 5.68. The highest BCUT2D eigenvalue weighted by Gasteiger charge is 2.04. The Balaban J connectivity index is 1.99. The second kappa shape index (κ2) is 5.07. The molecule has 0 saturated carbocycles. The lowest BCUT2D eigenvalue weighted by atomic mass is 10.2. The topological polar surface area (TPSA) is 73.1 Å². The van der Waals surface area contributed by atoms with E-state index in [0.717, 1.165) is 0 Å². The highest BCUT2D eigenvalue weighted by atomic mass is 32.1. The van der Waals surface area contributed by atoms with Gasteiger partial charge in [-0.3, -0.25) is 5.43 Å². The van der Waals surface area contributed by atoms with Crippen LogP contribution < -0.4 is 16.0 Å². The van der Waals surface area contributed by atoms with E-state index in [1.54, 1.807) is 19.1 Å². The Kier molecular flexibility index (Phi) is 3.50. The molecule has 2 rings (SSSR count). The summed E-state index contributed by atoms with van der Waals surface area (Å²) in [5.41, 5.74) is 2.95. The number of rotatable bonds is 4. The van der Waals surface area contributed by atoms with Crippen LogP contribution in [0.1, 0.15) is 10.6 Å². The second-order valence-electron chi connectivity index (χ2n) is 3.34. The lowest BCUT2D eigenvalue weighted by molar-refractivity contribution is 0.304. The van der Waals surface area contributed by atoms with Crippen molar-refractivity contribution in [2.75, 3.05) is 5.43 Å². The van der Waals surface area contributed by atoms with E-state index in [1.807, 2.05) is 0 Å². The van der Waals surface area contributed by atoms with Gasteiger partial charge in [-0.05, 0) is 30.7 Å². The van der Waals surface area contributed by atoms with E-state index in [-0.39, 0.29) is 12.4 Å². The van der Waals surface area contributed by atoms with Gasteiger partial charge in [-0.25, -0.2) is 10.2 Å². The number of benzene rings is 1. The van der Waals surface area contributed by atoms with Gasteiger partial charge < -0.3 is 4.74 Å². The fourth-order valence-corrected chi connectivity index (χ4v) is 1.79. The Morgan fingerprint density at radius 3 is 2.94 bits per heavy atom. The molecule has 0 radical (unpaired) electrons. The van der Waals surface area contributed by atoms with Crippen LogP contribution in [-0.4, -0.2) is 10.2 Å². The summed E-state index contributed by atoms with van der Waals surface area (Å²) in [5, 5.41) is 8.86. The molecule has 90 valence electrons. The number of hydrogen-bond acceptors (Lipinski definition) is 6. The molecular weight excluding hydrogens is 243 g/mol. The number of aryl methyl sites for hydroxylation is 1. The van der Waals surface area contributed by atoms with Gasteiger partial charge in [0.05, 0.1) is 0 Å². The fraction of sp³-hybridized carbons (Fsp3) is 0.200. The third-order valence-electron chi connectivity index (χ3n) is 2.08. The van der Waals surface area contributed by atoms with Crippen molar-refractivity contribution >= 4 is 16.5 Å². The highest BCUT2D eigenvalue weighted by molar-refractivity contribution is 7.15. The molecule has 17 heavy (non-hydrogen) atoms. The smallest absolute Gasteiger partial charge is 0.219 e. The van der Waals surface area contributed by atoms with Crippen LogP contribution in [-0.2, 0) is 6.61 Å². The van der Waals surface area contributed by atoms with Crippen molar-refractivity contribution in [1.29, 1.82) is 0 Å². The van der Waals surface area contributed by atoms with E-state index in [4.69, 9.17) is 10.6 Å². The molecule has 1 aromatic heterocycles. The van der Waals surface area contributed by atoms with Gasteiger partial charge in [-0.2, -0.15) is 0 Å². The van der Waals surface area contributed by atoms with Crippen LogP contribution in [0.4, 0.5) is 9.52 Å². The number of nitrogens with zero attached hydrogens (tertiary/aromatic N) is 2. The van der Waals surface area contributed by atoms with Gasteiger partial charge in [0.2, 0.25) is 5.13 Å². The Hall–Kier alpha value is -1.73. The van der Waals surface area contributed by atoms with Gasteiger partial charge in [0, 0.05) is 0 Å². The minimum atomic E-state index is -0.247. The van der Waals surface area contributed by atoms with Gasteiger partial charge >= 0.3 is 0 Å². The van der Waals surface area contributed by atoms with E-state index in [1.165, 1.54) is 17.4 Å². The first-order chi connectivity index (χ1) is 8.19. The maximum absolute atomic E-state index is 13.0. The van der Waals surface area contributed by atoms with Crippen LogP contribution in [0.2, 0.25) is 0 Å². The molecule has 0 spiro atoms. The molecule has 0 saturated heterocycles. The molecule has 0 atom stereocenters. The largest absolute Gasteiger partial charge is 0.486 e. The first-order valence-electron chi connectivity index (χ1n) is 4.87. The standard InChI is InChI=1S/C10H11FN4OS/c1-6-4-7(2-3-8(6)11)16-5-9-14-15-10(13-12)17-9/h2-4H,5,12H2,1H3,(H,13,15). The number of nitrogen functional groups attached to an aromatic ring is 1. The molecular formula is C10H11FN4OS. The number of aromatic nitrogens is 2. The molecule has 0 amide bonds. The number of nitrogens with two attached hydrogens (primary N) is 1. The van der Waals surface area contributed by atoms with Crippen molar-refractivity contribution in [3.63, 3.8) is 0 Å². The summed E-state index contributed by atoms with van der Waals surface area (Å²) < 4.78 is 18.5. The van der Waals surface area contributed by atoms with Gasteiger partial charge in [0.25, 0.3) is 0 Å². The van der Waals surface area contributed by atoms with Gasteiger partial charge in [-0.15, -0.1) is 10.2 Å². The van der Waals surface area contributed by atoms with E-state index in [9.17, 15) is 4.39 Å². The van der Waals surface area contributed by atoms with Crippen LogP contribution in [0.5, 0.6) is 5.75 Å². The average Bonchev–Trinajstić information content (AvgIpc) is 2.79. The van der Waals surface area contributed by atoms with Crippen molar-refractivity contribution < 1.29 is 9.13 Å². The normalized spacial score (nSPS) is 10.3. The maximum atomic E-state index is 13.0. The molecule has 7 heteroatoms. The summed E-state index contributed by atoms with van der Waals surface area (Å²) >= 11 is 1.30. The predicted octanol–water partition coefficient (Wildman–Crippen LogP) is 1.85. The fourth-order valence-electron chi connectivity index (χ4n) is 1.22. The maximum Gasteiger partial charge on any atom is 0.219 e. The van der Waals surface area contributed by atoms with E-state index >= 15 is 0 Å². The van der Waals surface area contributed by atoms with Crippen LogP contribution >= 0.6 is 11.3 Å². The third-order valence-corrected chi connectivity index (χ3v) is 2.91. The van der Waals surface area contributed by atoms with E-state index < -0.39 is 0 Å². The lowest BCUT2D eigenvalue weighted by Gasteiger charge is -2.04. The summed E-state index contributed by atoms with van der Waals surface area (Å²) in [6.45, 7) is 1.97. The molecule has 0 aliphatic carbocycles. The predicted molar refractivity (Wildman–Crippen MR) is 63.2 cm³/mol. The number of halogens is 1. The van der Waals surface area contributed by atoms with Crippen molar-refractivity contribution in [2.24, 2.45) is 5.84 Å². The first kappa shape index (κ1) is 11.7. The quantitative estimate of drug-likeness (QED) is 0.643. The molecule has 0 fully saturated rings. The highest BCUT2D eigenvalue weighted by Crippen LogP contribution is 2.19. The van der Waals surface area contributed by atoms with E-state index in [0.29, 0.717) is 21.5 Å². The summed E-state index contributed by atoms with van der Waals surface area (Å²) in [6, 6.07) is 4.58. The molecule has 0 bridgehead atoms. The van der Waals surface area contributed by atoms with Gasteiger partial charge in [-0.1, -0.05) is 11.3 Å². The molecule has 5 nitrogen and oxygen atoms in total. The van der Waals surface area contributed by atoms with Crippen molar-refractivity contribution in [3.8, 4) is 5.75 Å². The number of nitrogens with one attached hydrogen (secondary N) is 1. The number of hydrogen-bond donors (Lipinski definition) is 2. The zero-order valence-electron chi connectivity index (χ0n) is 9.11. The monoisotopic (exact) mass is 254 g/mol. The molecule has 0 unspecified atom stereocenters. The molecule has 2 aromatic rings. The number of hydrazine groups is 1. The van der Waals surface area contributed by atoms with Crippen molar-refractivity contribution in [2.45, 2.75) is 13.5 Å². The number of anilines is 1. The van der Waals surface area contributed by atoms with Crippen LogP contribution in [0, 0.1) is 12.7 Å². The lowest BCUT2D eigenvalue weighted by Crippen LogP contribution is -2.05. The zero-order valence-corrected chi connectivity index (χ0v) is 9.92. The van der Waals surface area contributed by atoms with Gasteiger partial charge in [0.15, 0.2) is 5.01 Å². The van der Waals surface area contributed by atoms with Crippen LogP contribution in [0.3, 0.4) is 0 Å². The summed E-state index contributed by atoms with van der Waals surface area (Å²) in [6.07, 6.45) is 0. The summed E-state index contributed by atoms with van der Waals surface area (Å²) in [4.78, 5) is 0. The van der Waals surface area contributed by atoms with E-state index in [2.05, 4.69) is 15.6 Å². The molecule has 0 aliphatic rings. The Morgan fingerprint density at radius 2 is 2.29 bits per heavy atom. The average molecular weight is 254 g/mol. The molecule has 1 heterocycles. The molecule has 1 aromatic carbocycles. The summed E-state index contributed by atoms with van der Waals surface area (Å²) in [7, 11) is 0. The van der Waals surface area contributed by atoms with Crippen molar-refractivity contribution in [3.05, 3.63) is 34.6 Å². The van der Waals surface area contributed by atoms with Gasteiger partial charge in [0.1, 0.15) is 18.2 Å². The van der Waals surface area contributed by atoms with Crippen molar-refractivity contribution in [1.82, 2.24) is 10.2 Å². The Labute approximate surface area is 101 Å². The minimum absolute atomic E-state index is 0.247. The minimum Gasteiger partial charge on any atom is -0.486 e.